The minimum Gasteiger partial charge on any atom is -0.497 e. The lowest BCUT2D eigenvalue weighted by atomic mass is 10.3. The standard InChI is InChI=1S/C21H28N6O5/c1-24-8-10-26(11-9-24)20-22-18-17(19(29)23-21(30)25(18)2)27(20)12-14(28)13-32-16-6-4-15(31-3)5-7-16/h4-7,14,28H,8-13H2,1-3H3,(H,23,29,30)/t14-/m1/s1. The van der Waals surface area contributed by atoms with Crippen LogP contribution in [0.3, 0.4) is 0 Å². The van der Waals surface area contributed by atoms with E-state index in [1.807, 2.05) is 0 Å². The second kappa shape index (κ2) is 9.05. The number of aliphatic hydroxyl groups excluding tert-OH is 1. The number of H-pyrrole nitrogens is 1. The van der Waals surface area contributed by atoms with Crippen molar-refractivity contribution < 1.29 is 14.6 Å². The first kappa shape index (κ1) is 21.9. The molecule has 1 atom stereocenters. The average molecular weight is 444 g/mol. The highest BCUT2D eigenvalue weighted by Crippen LogP contribution is 2.22. The molecule has 1 fully saturated rings. The molecule has 0 unspecified atom stereocenters. The van der Waals surface area contributed by atoms with Crippen LogP contribution >= 0.6 is 0 Å². The van der Waals surface area contributed by atoms with E-state index in [9.17, 15) is 14.7 Å². The van der Waals surface area contributed by atoms with Gasteiger partial charge in [-0.25, -0.2) is 4.79 Å². The van der Waals surface area contributed by atoms with Crippen molar-refractivity contribution >= 4 is 17.1 Å². The number of aryl methyl sites for hydroxylation is 1. The number of piperazine rings is 1. The SMILES string of the molecule is COc1ccc(OC[C@H](O)Cn2c(N3CCN(C)CC3)nc3c2c(=O)[nH]c(=O)n3C)cc1. The maximum Gasteiger partial charge on any atom is 0.329 e. The number of hydrogen-bond acceptors (Lipinski definition) is 8. The van der Waals surface area contributed by atoms with E-state index >= 15 is 0 Å². The van der Waals surface area contributed by atoms with Gasteiger partial charge in [-0.15, -0.1) is 0 Å². The molecule has 1 aliphatic rings. The van der Waals surface area contributed by atoms with E-state index in [0.717, 1.165) is 26.2 Å². The molecule has 11 heteroatoms. The quantitative estimate of drug-likeness (QED) is 0.507. The van der Waals surface area contributed by atoms with Crippen LogP contribution in [0.2, 0.25) is 0 Å². The van der Waals surface area contributed by atoms with E-state index in [1.165, 1.54) is 4.57 Å². The van der Waals surface area contributed by atoms with Crippen LogP contribution in [0.15, 0.2) is 33.9 Å². The number of methoxy groups -OCH3 is 1. The highest BCUT2D eigenvalue weighted by Gasteiger charge is 2.25. The number of nitrogens with zero attached hydrogens (tertiary/aromatic N) is 5. The zero-order valence-electron chi connectivity index (χ0n) is 18.4. The van der Waals surface area contributed by atoms with Crippen LogP contribution in [0.5, 0.6) is 11.5 Å². The number of hydrogen-bond donors (Lipinski definition) is 2. The molecule has 3 heterocycles. The topological polar surface area (TPSA) is 118 Å². The maximum atomic E-state index is 12.7. The molecular weight excluding hydrogens is 416 g/mol. The van der Waals surface area contributed by atoms with Crippen LogP contribution in [0.1, 0.15) is 0 Å². The molecule has 0 amide bonds. The van der Waals surface area contributed by atoms with Gasteiger partial charge in [0.05, 0.1) is 13.7 Å². The predicted molar refractivity (Wildman–Crippen MR) is 120 cm³/mol. The molecule has 0 aliphatic carbocycles. The number of nitrogens with one attached hydrogen (secondary N) is 1. The fourth-order valence-electron chi connectivity index (χ4n) is 3.77. The van der Waals surface area contributed by atoms with E-state index < -0.39 is 17.4 Å². The summed E-state index contributed by atoms with van der Waals surface area (Å²) < 4.78 is 13.8. The van der Waals surface area contributed by atoms with E-state index in [1.54, 1.807) is 43.0 Å². The van der Waals surface area contributed by atoms with Gasteiger partial charge in [-0.3, -0.25) is 14.3 Å². The number of aliphatic hydroxyl groups is 1. The Labute approximate surface area is 184 Å². The highest BCUT2D eigenvalue weighted by molar-refractivity contribution is 5.74. The summed E-state index contributed by atoms with van der Waals surface area (Å²) >= 11 is 0. The molecule has 2 N–H and O–H groups in total. The number of aromatic amines is 1. The van der Waals surface area contributed by atoms with Gasteiger partial charge < -0.3 is 28.9 Å². The third-order valence-corrected chi connectivity index (χ3v) is 5.67. The van der Waals surface area contributed by atoms with Gasteiger partial charge in [0, 0.05) is 33.2 Å². The summed E-state index contributed by atoms with van der Waals surface area (Å²) in [5.41, 5.74) is -0.514. The molecule has 0 saturated carbocycles. The number of aromatic nitrogens is 4. The Hall–Kier alpha value is -3.31. The normalized spacial score (nSPS) is 15.8. The Morgan fingerprint density at radius 2 is 1.75 bits per heavy atom. The monoisotopic (exact) mass is 444 g/mol. The third kappa shape index (κ3) is 4.34. The van der Waals surface area contributed by atoms with E-state index in [0.29, 0.717) is 17.4 Å². The van der Waals surface area contributed by atoms with Crippen molar-refractivity contribution in [2.45, 2.75) is 12.6 Å². The molecule has 1 aliphatic heterocycles. The first-order valence-corrected chi connectivity index (χ1v) is 10.5. The number of benzene rings is 1. The molecule has 0 radical (unpaired) electrons. The van der Waals surface area contributed by atoms with Crippen molar-refractivity contribution in [3.05, 3.63) is 45.1 Å². The molecule has 172 valence electrons. The number of rotatable bonds is 7. The summed E-state index contributed by atoms with van der Waals surface area (Å²) in [6.45, 7) is 3.27. The number of ether oxygens (including phenoxy) is 2. The lowest BCUT2D eigenvalue weighted by Gasteiger charge is -2.33. The van der Waals surface area contributed by atoms with Crippen molar-refractivity contribution in [1.82, 2.24) is 24.0 Å². The van der Waals surface area contributed by atoms with Crippen LogP contribution in [0, 0.1) is 0 Å². The Bertz CT molecular complexity index is 1190. The van der Waals surface area contributed by atoms with Gasteiger partial charge in [0.1, 0.15) is 24.2 Å². The molecule has 11 nitrogen and oxygen atoms in total. The van der Waals surface area contributed by atoms with Crippen molar-refractivity contribution in [3.63, 3.8) is 0 Å². The van der Waals surface area contributed by atoms with Gasteiger partial charge in [-0.1, -0.05) is 0 Å². The highest BCUT2D eigenvalue weighted by atomic mass is 16.5. The number of anilines is 1. The lowest BCUT2D eigenvalue weighted by Crippen LogP contribution is -2.45. The summed E-state index contributed by atoms with van der Waals surface area (Å²) in [4.78, 5) is 36.0. The summed E-state index contributed by atoms with van der Waals surface area (Å²) in [6, 6.07) is 7.07. The Morgan fingerprint density at radius 3 is 2.41 bits per heavy atom. The minimum absolute atomic E-state index is 0.0256. The molecule has 0 spiro atoms. The van der Waals surface area contributed by atoms with Crippen molar-refractivity contribution in [3.8, 4) is 11.5 Å². The zero-order valence-corrected chi connectivity index (χ0v) is 18.4. The van der Waals surface area contributed by atoms with Crippen LogP contribution in [-0.4, -0.2) is 82.2 Å². The maximum absolute atomic E-state index is 12.7. The minimum atomic E-state index is -0.905. The molecule has 1 aromatic carbocycles. The average Bonchev–Trinajstić information content (AvgIpc) is 3.16. The van der Waals surface area contributed by atoms with Gasteiger partial charge >= 0.3 is 5.69 Å². The van der Waals surface area contributed by atoms with Crippen LogP contribution < -0.4 is 25.6 Å². The van der Waals surface area contributed by atoms with Gasteiger partial charge in [0.25, 0.3) is 5.56 Å². The smallest absolute Gasteiger partial charge is 0.329 e. The number of imidazole rings is 1. The van der Waals surface area contributed by atoms with Crippen molar-refractivity contribution in [2.75, 3.05) is 51.8 Å². The molecule has 0 bridgehead atoms. The van der Waals surface area contributed by atoms with Crippen LogP contribution in [0.25, 0.3) is 11.2 Å². The van der Waals surface area contributed by atoms with E-state index in [2.05, 4.69) is 26.8 Å². The molecule has 1 saturated heterocycles. The van der Waals surface area contributed by atoms with E-state index in [4.69, 9.17) is 9.47 Å². The first-order chi connectivity index (χ1) is 15.4. The molecule has 4 rings (SSSR count). The fourth-order valence-corrected chi connectivity index (χ4v) is 3.77. The van der Waals surface area contributed by atoms with Gasteiger partial charge in [0.2, 0.25) is 5.95 Å². The summed E-state index contributed by atoms with van der Waals surface area (Å²) in [5.74, 6) is 1.87. The zero-order chi connectivity index (χ0) is 22.8. The van der Waals surface area contributed by atoms with Crippen molar-refractivity contribution in [1.29, 1.82) is 0 Å². The fraction of sp³-hybridized carbons (Fsp3) is 0.476. The number of fused-ring (bicyclic) bond motifs is 1. The van der Waals surface area contributed by atoms with E-state index in [-0.39, 0.29) is 24.3 Å². The Balaban J connectivity index is 1.62. The summed E-state index contributed by atoms with van der Waals surface area (Å²) in [7, 11) is 5.20. The second-order valence-electron chi connectivity index (χ2n) is 7.94. The Morgan fingerprint density at radius 1 is 1.09 bits per heavy atom. The van der Waals surface area contributed by atoms with Crippen LogP contribution in [-0.2, 0) is 13.6 Å². The van der Waals surface area contributed by atoms with Crippen LogP contribution in [0.4, 0.5) is 5.95 Å². The summed E-state index contributed by atoms with van der Waals surface area (Å²) in [5, 5.41) is 10.7. The van der Waals surface area contributed by atoms with Gasteiger partial charge in [-0.05, 0) is 31.3 Å². The van der Waals surface area contributed by atoms with Gasteiger partial charge in [0.15, 0.2) is 11.2 Å². The van der Waals surface area contributed by atoms with Gasteiger partial charge in [-0.2, -0.15) is 4.98 Å². The van der Waals surface area contributed by atoms with Crippen molar-refractivity contribution in [2.24, 2.45) is 7.05 Å². The largest absolute Gasteiger partial charge is 0.497 e. The first-order valence-electron chi connectivity index (χ1n) is 10.5. The molecule has 3 aromatic rings. The second-order valence-corrected chi connectivity index (χ2v) is 7.94. The number of likely N-dealkylation sites (N-methyl/N-ethyl adjacent to an activating group) is 1. The summed E-state index contributed by atoms with van der Waals surface area (Å²) in [6.07, 6.45) is -0.905. The molecular formula is C21H28N6O5. The molecule has 32 heavy (non-hydrogen) atoms. The Kier molecular flexibility index (Phi) is 6.19. The molecule has 2 aromatic heterocycles. The third-order valence-electron chi connectivity index (χ3n) is 5.67. The lowest BCUT2D eigenvalue weighted by molar-refractivity contribution is 0.0935. The predicted octanol–water partition coefficient (Wildman–Crippen LogP) is -0.376.